The maximum absolute atomic E-state index is 13.9. The molecule has 2 bridgehead atoms. The van der Waals surface area contributed by atoms with Crippen LogP contribution >= 0.6 is 15.6 Å². The summed E-state index contributed by atoms with van der Waals surface area (Å²) >= 11 is 0. The summed E-state index contributed by atoms with van der Waals surface area (Å²) in [7, 11) is -11.5. The number of phosphoric acid groups is 2. The molecule has 0 saturated heterocycles. The van der Waals surface area contributed by atoms with Crippen LogP contribution < -0.4 is 0 Å². The summed E-state index contributed by atoms with van der Waals surface area (Å²) in [6, 6.07) is 0. The average molecular weight is 1010 g/mol. The van der Waals surface area contributed by atoms with Crippen molar-refractivity contribution in [2.75, 3.05) is 13.2 Å². The number of cyclic esters (lactones) is 1. The Hall–Kier alpha value is -2.19. The maximum Gasteiger partial charge on any atom is 0.472 e. The molecule has 2 aliphatic rings. The molecule has 68 heavy (non-hydrogen) atoms. The van der Waals surface area contributed by atoms with Crippen LogP contribution in [-0.2, 0) is 46.6 Å². The Labute approximate surface area is 402 Å². The number of hydrogen-bond acceptors (Lipinski definition) is 16. The molecule has 0 amide bonds. The molecule has 1 heterocycles. The summed E-state index contributed by atoms with van der Waals surface area (Å²) in [4.78, 5) is 70.6. The van der Waals surface area contributed by atoms with Crippen molar-refractivity contribution in [3.8, 4) is 0 Å². The van der Waals surface area contributed by atoms with E-state index in [2.05, 4.69) is 19.1 Å². The fourth-order valence-corrected chi connectivity index (χ4v) is 9.68. The second-order valence-electron chi connectivity index (χ2n) is 17.9. The second-order valence-corrected chi connectivity index (χ2v) is 20.5. The van der Waals surface area contributed by atoms with Crippen molar-refractivity contribution in [1.29, 1.82) is 0 Å². The molecule has 19 nitrogen and oxygen atoms in total. The molecule has 12 atom stereocenters. The number of ketones is 1. The van der Waals surface area contributed by atoms with Gasteiger partial charge in [-0.1, -0.05) is 127 Å². The molecule has 21 heteroatoms. The van der Waals surface area contributed by atoms with E-state index >= 15 is 0 Å². The lowest BCUT2D eigenvalue weighted by Gasteiger charge is -2.38. The van der Waals surface area contributed by atoms with E-state index < -0.39 is 120 Å². The Morgan fingerprint density at radius 2 is 1.50 bits per heavy atom. The van der Waals surface area contributed by atoms with E-state index in [9.17, 15) is 68.8 Å². The van der Waals surface area contributed by atoms with E-state index in [0.717, 1.165) is 69.9 Å². The number of Topliss-reactive ketones (excluding diaryl/α,β-unsaturated/α-hetero) is 1. The molecule has 0 aromatic rings. The fraction of sp³-hybridized carbons (Fsp3) is 0.809. The summed E-state index contributed by atoms with van der Waals surface area (Å²) in [6.45, 7) is 2.45. The largest absolute Gasteiger partial charge is 0.472 e. The Balaban J connectivity index is 2.34. The molecule has 394 valence electrons. The van der Waals surface area contributed by atoms with Crippen LogP contribution in [0.5, 0.6) is 0 Å². The first-order valence-corrected chi connectivity index (χ1v) is 27.7. The van der Waals surface area contributed by atoms with Crippen molar-refractivity contribution in [1.82, 2.24) is 0 Å². The van der Waals surface area contributed by atoms with Gasteiger partial charge in [-0.25, -0.2) is 9.13 Å². The van der Waals surface area contributed by atoms with Gasteiger partial charge < -0.3 is 54.8 Å². The monoisotopic (exact) mass is 1010 g/mol. The first-order valence-electron chi connectivity index (χ1n) is 24.6. The van der Waals surface area contributed by atoms with Crippen LogP contribution in [0.15, 0.2) is 36.5 Å². The molecule has 1 unspecified atom stereocenters. The van der Waals surface area contributed by atoms with Crippen molar-refractivity contribution < 1.29 is 91.9 Å². The Morgan fingerprint density at radius 3 is 2.13 bits per heavy atom. The highest BCUT2D eigenvalue weighted by molar-refractivity contribution is 7.47. The predicted octanol–water partition coefficient (Wildman–Crippen LogP) is 6.10. The second kappa shape index (κ2) is 34.2. The average Bonchev–Trinajstić information content (AvgIpc) is 3.28. The van der Waals surface area contributed by atoms with Gasteiger partial charge in [-0.3, -0.25) is 28.0 Å². The molecule has 1 aliphatic carbocycles. The number of aliphatic hydroxyl groups is 6. The van der Waals surface area contributed by atoms with E-state index in [1.807, 2.05) is 6.92 Å². The summed E-state index contributed by atoms with van der Waals surface area (Å²) < 4.78 is 52.1. The number of ether oxygens (including phenoxy) is 2. The van der Waals surface area contributed by atoms with Gasteiger partial charge in [0.15, 0.2) is 6.10 Å². The van der Waals surface area contributed by atoms with Crippen LogP contribution in [0.4, 0.5) is 0 Å². The Kier molecular flexibility index (Phi) is 31.2. The van der Waals surface area contributed by atoms with Crippen molar-refractivity contribution in [3.05, 3.63) is 36.5 Å². The minimum absolute atomic E-state index is 0.0366. The SMILES string of the molecule is CC/C=C\CCCCCCCCCCCCCC(=O)O[C@@H]1COC(=O)CCC/C=C\C[C@@H]2[C@@H](O)[C@H](O)[C@@H](O)[C@H](OP(=O)(O)OC1)[C@H](OP(=O)(O)O)[C@H](O)[C@@H](/C=C/[C@@H](O)CCCCC)C(=O)C[C@@H]2O. The molecule has 0 spiro atoms. The van der Waals surface area contributed by atoms with Crippen LogP contribution in [0.1, 0.15) is 162 Å². The standard InChI is InChI=1S/C47H82O19P2/c1-3-5-7-8-9-10-11-12-13-14-15-16-17-18-24-28-41(52)64-35-32-62-40(51)27-23-20-19-22-26-36-38(49)31-39(50)37(30-29-34(48)25-21-6-4-2)43(54)46(65-67(57,58)59)47(45(56)44(55)42(36)53)66-68(60,61)63-33-35/h5,7,19,22,29-30,34-38,42-49,53-56H,3-4,6,8-18,20-21,23-28,31-33H2,1-2H3,(H,60,61)(H2,57,58,59)/b7-5-,22-19-,30-29+/t34-,35+,36-,37-,38-,42+,43+,44-,45+,46+,47-/m0/s1. The minimum Gasteiger partial charge on any atom is -0.462 e. The van der Waals surface area contributed by atoms with Crippen molar-refractivity contribution in [2.45, 2.75) is 216 Å². The number of phosphoric ester groups is 2. The Bertz CT molecular complexity index is 1620. The van der Waals surface area contributed by atoms with Crippen LogP contribution in [0.3, 0.4) is 0 Å². The van der Waals surface area contributed by atoms with Crippen LogP contribution in [0.2, 0.25) is 0 Å². The normalized spacial score (nSPS) is 30.9. The topological polar surface area (TPSA) is 314 Å². The van der Waals surface area contributed by atoms with Gasteiger partial charge in [0.2, 0.25) is 0 Å². The molecular formula is C47H82O19P2. The van der Waals surface area contributed by atoms with E-state index in [1.165, 1.54) is 38.2 Å². The molecule has 0 aromatic carbocycles. The lowest BCUT2D eigenvalue weighted by molar-refractivity contribution is -0.165. The third kappa shape index (κ3) is 25.8. The van der Waals surface area contributed by atoms with E-state index in [4.69, 9.17) is 23.0 Å². The zero-order valence-electron chi connectivity index (χ0n) is 40.0. The van der Waals surface area contributed by atoms with E-state index in [-0.39, 0.29) is 38.5 Å². The highest BCUT2D eigenvalue weighted by Crippen LogP contribution is 2.49. The number of unbranched alkanes of at least 4 members (excludes halogenated alkanes) is 13. The first-order chi connectivity index (χ1) is 32.3. The van der Waals surface area contributed by atoms with Gasteiger partial charge in [0.1, 0.15) is 36.8 Å². The quantitative estimate of drug-likeness (QED) is 0.0228. The number of aliphatic hydroxyl groups excluding tert-OH is 6. The maximum atomic E-state index is 13.9. The lowest BCUT2D eigenvalue weighted by atomic mass is 9.83. The number of carbonyl (C=O) groups is 3. The molecule has 1 aliphatic heterocycles. The smallest absolute Gasteiger partial charge is 0.462 e. The Morgan fingerprint density at radius 1 is 0.853 bits per heavy atom. The highest BCUT2D eigenvalue weighted by atomic mass is 31.2. The van der Waals surface area contributed by atoms with Crippen LogP contribution in [0, 0.1) is 11.8 Å². The van der Waals surface area contributed by atoms with Gasteiger partial charge in [-0.05, 0) is 51.4 Å². The molecule has 0 radical (unpaired) electrons. The molecular weight excluding hydrogens is 930 g/mol. The summed E-state index contributed by atoms with van der Waals surface area (Å²) in [5.74, 6) is -5.80. The van der Waals surface area contributed by atoms with Gasteiger partial charge in [0, 0.05) is 25.2 Å². The third-order valence-corrected chi connectivity index (χ3v) is 13.6. The number of allylic oxidation sites excluding steroid dienone is 4. The fourth-order valence-electron chi connectivity index (χ4n) is 8.15. The third-order valence-electron chi connectivity index (χ3n) is 12.1. The summed E-state index contributed by atoms with van der Waals surface area (Å²) in [5.41, 5.74) is 0. The van der Waals surface area contributed by atoms with Crippen molar-refractivity contribution in [3.63, 3.8) is 0 Å². The van der Waals surface area contributed by atoms with E-state index in [1.54, 1.807) is 6.08 Å². The lowest BCUT2D eigenvalue weighted by Crippen LogP contribution is -2.56. The van der Waals surface area contributed by atoms with Gasteiger partial charge in [-0.2, -0.15) is 0 Å². The zero-order valence-corrected chi connectivity index (χ0v) is 41.8. The van der Waals surface area contributed by atoms with Gasteiger partial charge in [-0.15, -0.1) is 0 Å². The van der Waals surface area contributed by atoms with Gasteiger partial charge in [0.25, 0.3) is 0 Å². The molecule has 0 aromatic heterocycles. The number of carbonyl (C=O) groups excluding carboxylic acids is 3. The van der Waals surface area contributed by atoms with Gasteiger partial charge >= 0.3 is 27.6 Å². The summed E-state index contributed by atoms with van der Waals surface area (Å²) in [6.07, 6.45) is 5.32. The summed E-state index contributed by atoms with van der Waals surface area (Å²) in [5, 5.41) is 68.1. The van der Waals surface area contributed by atoms with Crippen LogP contribution in [-0.4, -0.2) is 131 Å². The molecule has 9 N–H and O–H groups in total. The molecule has 2 rings (SSSR count). The van der Waals surface area contributed by atoms with Crippen LogP contribution in [0.25, 0.3) is 0 Å². The predicted molar refractivity (Wildman–Crippen MR) is 251 cm³/mol. The molecule has 1 fully saturated rings. The highest BCUT2D eigenvalue weighted by Gasteiger charge is 2.51. The number of esters is 2. The van der Waals surface area contributed by atoms with Crippen molar-refractivity contribution in [2.24, 2.45) is 11.8 Å². The number of rotatable bonds is 24. The molecule has 1 saturated carbocycles. The van der Waals surface area contributed by atoms with E-state index in [0.29, 0.717) is 12.8 Å². The minimum atomic E-state index is -5.80. The first kappa shape index (κ1) is 61.9. The van der Waals surface area contributed by atoms with Gasteiger partial charge in [0.05, 0.1) is 36.9 Å². The zero-order chi connectivity index (χ0) is 50.5. The number of hydrogen-bond donors (Lipinski definition) is 9. The number of fused-ring (bicyclic) bond motifs is 4. The van der Waals surface area contributed by atoms with Crippen molar-refractivity contribution >= 4 is 33.4 Å².